The number of benzene rings is 2. The lowest BCUT2D eigenvalue weighted by molar-refractivity contribution is 0.0989. The fourth-order valence-corrected chi connectivity index (χ4v) is 2.86. The standard InChI is InChI=1S/C16H14N4O2S/c21-14-8-6-12(7-9-14)15(22)10-11-23-16-17-18-19-20(16)13-4-2-1-3-5-13/h1-9,21H,10-11H2. The van der Waals surface area contributed by atoms with Gasteiger partial charge < -0.3 is 5.11 Å². The van der Waals surface area contributed by atoms with E-state index < -0.39 is 0 Å². The summed E-state index contributed by atoms with van der Waals surface area (Å²) in [7, 11) is 0. The highest BCUT2D eigenvalue weighted by Gasteiger charge is 2.11. The SMILES string of the molecule is O=C(CCSc1nnnn1-c1ccccc1)c1ccc(O)cc1. The molecule has 0 aliphatic carbocycles. The lowest BCUT2D eigenvalue weighted by Crippen LogP contribution is -2.02. The molecule has 116 valence electrons. The number of ketones is 1. The Bertz CT molecular complexity index is 787. The molecule has 6 nitrogen and oxygen atoms in total. The van der Waals surface area contributed by atoms with Gasteiger partial charge in [-0.15, -0.1) is 5.10 Å². The van der Waals surface area contributed by atoms with Crippen molar-refractivity contribution in [2.75, 3.05) is 5.75 Å². The van der Waals surface area contributed by atoms with E-state index in [1.54, 1.807) is 16.8 Å². The van der Waals surface area contributed by atoms with Crippen molar-refractivity contribution in [1.29, 1.82) is 0 Å². The summed E-state index contributed by atoms with van der Waals surface area (Å²) in [6, 6.07) is 15.9. The van der Waals surface area contributed by atoms with E-state index in [9.17, 15) is 9.90 Å². The monoisotopic (exact) mass is 326 g/mol. The Kier molecular flexibility index (Phi) is 4.68. The number of phenols is 1. The molecule has 3 aromatic rings. The van der Waals surface area contributed by atoms with Crippen LogP contribution in [0.4, 0.5) is 0 Å². The molecule has 0 unspecified atom stereocenters. The van der Waals surface area contributed by atoms with Crippen LogP contribution in [-0.2, 0) is 0 Å². The summed E-state index contributed by atoms with van der Waals surface area (Å²) in [5, 5.41) is 21.5. The van der Waals surface area contributed by atoms with Crippen LogP contribution in [0.5, 0.6) is 5.75 Å². The molecule has 1 aromatic heterocycles. The number of aromatic hydroxyl groups is 1. The molecule has 0 aliphatic heterocycles. The van der Waals surface area contributed by atoms with Crippen LogP contribution in [0.2, 0.25) is 0 Å². The highest BCUT2D eigenvalue weighted by molar-refractivity contribution is 7.99. The number of rotatable bonds is 6. The smallest absolute Gasteiger partial charge is 0.214 e. The first-order valence-electron chi connectivity index (χ1n) is 7.03. The second-order valence-electron chi connectivity index (χ2n) is 4.78. The van der Waals surface area contributed by atoms with E-state index >= 15 is 0 Å². The van der Waals surface area contributed by atoms with Gasteiger partial charge in [0.05, 0.1) is 5.69 Å². The number of phenolic OH excluding ortho intramolecular Hbond substituents is 1. The minimum absolute atomic E-state index is 0.0243. The van der Waals surface area contributed by atoms with Crippen LogP contribution in [0, 0.1) is 0 Å². The van der Waals surface area contributed by atoms with Gasteiger partial charge >= 0.3 is 0 Å². The number of para-hydroxylation sites is 1. The van der Waals surface area contributed by atoms with Crippen molar-refractivity contribution in [1.82, 2.24) is 20.2 Å². The Morgan fingerprint density at radius 3 is 2.57 bits per heavy atom. The largest absolute Gasteiger partial charge is 0.508 e. The minimum atomic E-state index is 0.0243. The maximum Gasteiger partial charge on any atom is 0.214 e. The van der Waals surface area contributed by atoms with E-state index in [0.717, 1.165) is 5.69 Å². The Morgan fingerprint density at radius 1 is 1.09 bits per heavy atom. The van der Waals surface area contributed by atoms with Gasteiger partial charge in [-0.25, -0.2) is 0 Å². The Morgan fingerprint density at radius 2 is 1.83 bits per heavy atom. The molecular weight excluding hydrogens is 312 g/mol. The minimum Gasteiger partial charge on any atom is -0.508 e. The Balaban J connectivity index is 1.60. The van der Waals surface area contributed by atoms with Gasteiger partial charge in [0.2, 0.25) is 5.16 Å². The summed E-state index contributed by atoms with van der Waals surface area (Å²) in [4.78, 5) is 12.1. The van der Waals surface area contributed by atoms with E-state index in [4.69, 9.17) is 0 Å². The summed E-state index contributed by atoms with van der Waals surface area (Å²) in [6.45, 7) is 0. The Hall–Kier alpha value is -2.67. The molecule has 0 aliphatic rings. The molecule has 0 bridgehead atoms. The molecule has 1 heterocycles. The predicted octanol–water partition coefficient (Wildman–Crippen LogP) is 2.73. The normalized spacial score (nSPS) is 10.6. The average Bonchev–Trinajstić information content (AvgIpc) is 3.05. The van der Waals surface area contributed by atoms with Crippen LogP contribution >= 0.6 is 11.8 Å². The molecule has 0 fully saturated rings. The van der Waals surface area contributed by atoms with E-state index in [2.05, 4.69) is 15.5 Å². The first-order chi connectivity index (χ1) is 11.2. The van der Waals surface area contributed by atoms with Gasteiger partial charge in [0.25, 0.3) is 0 Å². The van der Waals surface area contributed by atoms with Crippen molar-refractivity contribution in [2.45, 2.75) is 11.6 Å². The molecule has 23 heavy (non-hydrogen) atoms. The van der Waals surface area contributed by atoms with Gasteiger partial charge in [0, 0.05) is 17.7 Å². The van der Waals surface area contributed by atoms with Crippen LogP contribution in [0.3, 0.4) is 0 Å². The summed E-state index contributed by atoms with van der Waals surface area (Å²) >= 11 is 1.43. The average molecular weight is 326 g/mol. The lowest BCUT2D eigenvalue weighted by atomic mass is 10.1. The first kappa shape index (κ1) is 15.2. The molecule has 0 saturated heterocycles. The fourth-order valence-electron chi connectivity index (χ4n) is 2.03. The maximum atomic E-state index is 12.1. The van der Waals surface area contributed by atoms with E-state index in [-0.39, 0.29) is 11.5 Å². The van der Waals surface area contributed by atoms with Crippen molar-refractivity contribution < 1.29 is 9.90 Å². The summed E-state index contributed by atoms with van der Waals surface area (Å²) in [5.41, 5.74) is 1.47. The van der Waals surface area contributed by atoms with E-state index in [1.165, 1.54) is 23.9 Å². The lowest BCUT2D eigenvalue weighted by Gasteiger charge is -2.04. The van der Waals surface area contributed by atoms with Gasteiger partial charge in [-0.05, 0) is 46.8 Å². The quantitative estimate of drug-likeness (QED) is 0.554. The zero-order valence-electron chi connectivity index (χ0n) is 12.2. The number of nitrogens with zero attached hydrogens (tertiary/aromatic N) is 4. The number of aromatic nitrogens is 4. The third-order valence-electron chi connectivity index (χ3n) is 3.19. The molecule has 0 atom stereocenters. The van der Waals surface area contributed by atoms with Crippen LogP contribution in [0.25, 0.3) is 5.69 Å². The maximum absolute atomic E-state index is 12.1. The number of hydrogen-bond donors (Lipinski definition) is 1. The highest BCUT2D eigenvalue weighted by atomic mass is 32.2. The van der Waals surface area contributed by atoms with Crippen LogP contribution in [0.1, 0.15) is 16.8 Å². The number of Topliss-reactive ketones (excluding diaryl/α,β-unsaturated/α-hetero) is 1. The number of hydrogen-bond acceptors (Lipinski definition) is 6. The fraction of sp³-hybridized carbons (Fsp3) is 0.125. The summed E-state index contributed by atoms with van der Waals surface area (Å²) < 4.78 is 1.65. The number of carbonyl (C=O) groups excluding carboxylic acids is 1. The molecule has 0 amide bonds. The summed E-state index contributed by atoms with van der Waals surface area (Å²) in [6.07, 6.45) is 0.372. The second-order valence-corrected chi connectivity index (χ2v) is 5.84. The van der Waals surface area contributed by atoms with Gasteiger partial charge in [-0.1, -0.05) is 30.0 Å². The number of carbonyl (C=O) groups is 1. The zero-order chi connectivity index (χ0) is 16.1. The number of tetrazole rings is 1. The third-order valence-corrected chi connectivity index (χ3v) is 4.11. The second kappa shape index (κ2) is 7.06. The van der Waals surface area contributed by atoms with Crippen LogP contribution in [-0.4, -0.2) is 36.8 Å². The van der Waals surface area contributed by atoms with Gasteiger partial charge in [-0.2, -0.15) is 4.68 Å². The van der Waals surface area contributed by atoms with Crippen molar-refractivity contribution in [2.24, 2.45) is 0 Å². The van der Waals surface area contributed by atoms with Gasteiger partial charge in [0.15, 0.2) is 5.78 Å². The third kappa shape index (κ3) is 3.75. The molecule has 7 heteroatoms. The van der Waals surface area contributed by atoms with Crippen molar-refractivity contribution in [3.05, 3.63) is 60.2 Å². The van der Waals surface area contributed by atoms with E-state index in [1.807, 2.05) is 30.3 Å². The van der Waals surface area contributed by atoms with Crippen molar-refractivity contribution in [3.8, 4) is 11.4 Å². The molecule has 0 saturated carbocycles. The van der Waals surface area contributed by atoms with Gasteiger partial charge in [-0.3, -0.25) is 4.79 Å². The van der Waals surface area contributed by atoms with Gasteiger partial charge in [0.1, 0.15) is 5.75 Å². The Labute approximate surface area is 137 Å². The predicted molar refractivity (Wildman–Crippen MR) is 86.9 cm³/mol. The topological polar surface area (TPSA) is 80.9 Å². The first-order valence-corrected chi connectivity index (χ1v) is 8.01. The van der Waals surface area contributed by atoms with Crippen molar-refractivity contribution >= 4 is 17.5 Å². The molecule has 0 spiro atoms. The van der Waals surface area contributed by atoms with Crippen LogP contribution < -0.4 is 0 Å². The van der Waals surface area contributed by atoms with E-state index in [0.29, 0.717) is 22.9 Å². The molecule has 0 radical (unpaired) electrons. The number of thioether (sulfide) groups is 1. The molecule has 3 rings (SSSR count). The zero-order valence-corrected chi connectivity index (χ0v) is 13.0. The molecular formula is C16H14N4O2S. The summed E-state index contributed by atoms with van der Waals surface area (Å²) in [5.74, 6) is 0.751. The van der Waals surface area contributed by atoms with Crippen LogP contribution in [0.15, 0.2) is 59.8 Å². The molecule has 1 N–H and O–H groups in total. The highest BCUT2D eigenvalue weighted by Crippen LogP contribution is 2.20. The molecule has 2 aromatic carbocycles. The van der Waals surface area contributed by atoms with Crippen molar-refractivity contribution in [3.63, 3.8) is 0 Å².